The summed E-state index contributed by atoms with van der Waals surface area (Å²) < 4.78 is 66.2. The first kappa shape index (κ1) is 20.6. The number of hydrogen-bond acceptors (Lipinski definition) is 2. The van der Waals surface area contributed by atoms with Gasteiger partial charge in [0, 0.05) is 42.5 Å². The molecule has 2 amide bonds. The zero-order valence-electron chi connectivity index (χ0n) is 16.1. The van der Waals surface area contributed by atoms with E-state index in [0.717, 1.165) is 12.1 Å². The summed E-state index contributed by atoms with van der Waals surface area (Å²) in [6.45, 7) is 2.60. The molecule has 160 valence electrons. The molecule has 3 atom stereocenters. The van der Waals surface area contributed by atoms with Gasteiger partial charge >= 0.3 is 12.2 Å². The number of anilines is 1. The lowest BCUT2D eigenvalue weighted by atomic mass is 10.0. The fourth-order valence-electron chi connectivity index (χ4n) is 4.43. The molecule has 2 heterocycles. The van der Waals surface area contributed by atoms with Gasteiger partial charge in [0.15, 0.2) is 0 Å². The van der Waals surface area contributed by atoms with E-state index < -0.39 is 35.4 Å². The van der Waals surface area contributed by atoms with Gasteiger partial charge in [0.25, 0.3) is 0 Å². The highest BCUT2D eigenvalue weighted by Crippen LogP contribution is 2.38. The zero-order valence-corrected chi connectivity index (χ0v) is 16.1. The molecule has 0 saturated carbocycles. The lowest BCUT2D eigenvalue weighted by Gasteiger charge is -2.37. The maximum Gasteiger partial charge on any atom is 0.416 e. The van der Waals surface area contributed by atoms with E-state index >= 15 is 0 Å². The Bertz CT molecular complexity index is 926. The number of carbonyl (C=O) groups excluding carboxylic acids is 1. The molecule has 30 heavy (non-hydrogen) atoms. The summed E-state index contributed by atoms with van der Waals surface area (Å²) >= 11 is 0. The number of hydrogen-bond donors (Lipinski definition) is 1. The molecule has 2 aliphatic rings. The van der Waals surface area contributed by atoms with Crippen LogP contribution in [0, 0.1) is 11.6 Å². The van der Waals surface area contributed by atoms with E-state index in [4.69, 9.17) is 0 Å². The third kappa shape index (κ3) is 3.74. The van der Waals surface area contributed by atoms with E-state index in [1.54, 1.807) is 11.8 Å². The lowest BCUT2D eigenvalue weighted by Crippen LogP contribution is -2.50. The minimum Gasteiger partial charge on any atom is -0.319 e. The van der Waals surface area contributed by atoms with Crippen LogP contribution in [0.25, 0.3) is 0 Å². The molecule has 0 spiro atoms. The predicted molar refractivity (Wildman–Crippen MR) is 101 cm³/mol. The van der Waals surface area contributed by atoms with Crippen LogP contribution < -0.4 is 5.32 Å². The highest BCUT2D eigenvalue weighted by molar-refractivity contribution is 5.90. The molecule has 4 nitrogen and oxygen atoms in total. The number of nitrogens with zero attached hydrogens (tertiary/aromatic N) is 2. The van der Waals surface area contributed by atoms with Crippen molar-refractivity contribution in [2.24, 2.45) is 0 Å². The molecule has 0 aromatic heterocycles. The number of fused-ring (bicyclic) bond motifs is 2. The molecular formula is C21H20F5N3O. The van der Waals surface area contributed by atoms with Crippen molar-refractivity contribution in [1.82, 2.24) is 9.80 Å². The first-order valence-corrected chi connectivity index (χ1v) is 9.59. The Morgan fingerprint density at radius 3 is 2.20 bits per heavy atom. The van der Waals surface area contributed by atoms with Crippen molar-refractivity contribution in [2.45, 2.75) is 37.6 Å². The minimum absolute atomic E-state index is 0.0193. The highest BCUT2D eigenvalue weighted by atomic mass is 19.4. The molecule has 0 aliphatic carbocycles. The number of alkyl halides is 3. The maximum absolute atomic E-state index is 14.1. The van der Waals surface area contributed by atoms with Crippen LogP contribution in [0.15, 0.2) is 42.5 Å². The zero-order chi connectivity index (χ0) is 21.6. The Hall–Kier alpha value is -2.68. The van der Waals surface area contributed by atoms with Crippen LogP contribution in [-0.4, -0.2) is 41.0 Å². The number of nitrogens with one attached hydrogen (secondary N) is 1. The molecule has 4 rings (SSSR count). The molecule has 2 aromatic carbocycles. The van der Waals surface area contributed by atoms with Crippen molar-refractivity contribution in [3.05, 3.63) is 65.2 Å². The molecule has 0 radical (unpaired) electrons. The average molecular weight is 425 g/mol. The van der Waals surface area contributed by atoms with Gasteiger partial charge in [0.2, 0.25) is 0 Å². The number of benzene rings is 2. The highest BCUT2D eigenvalue weighted by Gasteiger charge is 2.47. The Morgan fingerprint density at radius 2 is 1.67 bits per heavy atom. The largest absolute Gasteiger partial charge is 0.416 e. The second-order valence-electron chi connectivity index (χ2n) is 7.71. The van der Waals surface area contributed by atoms with Crippen LogP contribution in [0.4, 0.5) is 32.4 Å². The number of rotatable bonds is 3. The third-order valence-corrected chi connectivity index (χ3v) is 5.92. The second kappa shape index (κ2) is 7.54. The standard InChI is InChI=1S/C21H20F5N3O/c1-12(19-17(22)3-2-4-18(19)23)28-10-16-9-15(28)11-29(16)20(30)27-14-7-5-13(6-8-14)21(24,25)26/h2-8,12,15-16H,9-11H2,1H3,(H,27,30). The SMILES string of the molecule is CC(c1c(F)cccc1F)N1CC2CC1CN2C(=O)Nc1ccc(C(F)(F)F)cc1. The molecule has 3 unspecified atom stereocenters. The van der Waals surface area contributed by atoms with E-state index in [9.17, 15) is 26.7 Å². The van der Waals surface area contributed by atoms with Gasteiger partial charge in [-0.3, -0.25) is 4.90 Å². The summed E-state index contributed by atoms with van der Waals surface area (Å²) in [5, 5.41) is 2.62. The van der Waals surface area contributed by atoms with Crippen LogP contribution in [0.2, 0.25) is 0 Å². The van der Waals surface area contributed by atoms with Crippen LogP contribution >= 0.6 is 0 Å². The first-order chi connectivity index (χ1) is 14.1. The Kier molecular flexibility index (Phi) is 5.17. The summed E-state index contributed by atoms with van der Waals surface area (Å²) in [6, 6.07) is 7.01. The number of halogens is 5. The molecule has 9 heteroatoms. The Morgan fingerprint density at radius 1 is 1.03 bits per heavy atom. The summed E-state index contributed by atoms with van der Waals surface area (Å²) in [5.74, 6) is -1.19. The minimum atomic E-state index is -4.44. The van der Waals surface area contributed by atoms with Crippen LogP contribution in [0.3, 0.4) is 0 Å². The molecule has 2 saturated heterocycles. The second-order valence-corrected chi connectivity index (χ2v) is 7.71. The average Bonchev–Trinajstić information content (AvgIpc) is 3.28. The van der Waals surface area contributed by atoms with Crippen molar-refractivity contribution in [3.63, 3.8) is 0 Å². The number of urea groups is 1. The van der Waals surface area contributed by atoms with Crippen LogP contribution in [-0.2, 0) is 6.18 Å². The molecule has 2 aliphatic heterocycles. The fraction of sp³-hybridized carbons (Fsp3) is 0.381. The van der Waals surface area contributed by atoms with Crippen molar-refractivity contribution >= 4 is 11.7 Å². The maximum atomic E-state index is 14.1. The van der Waals surface area contributed by atoms with Crippen LogP contribution in [0.1, 0.15) is 30.5 Å². The Labute approximate surface area is 170 Å². The fourth-order valence-corrected chi connectivity index (χ4v) is 4.43. The molecule has 2 bridgehead atoms. The summed E-state index contributed by atoms with van der Waals surface area (Å²) in [7, 11) is 0. The number of amides is 2. The summed E-state index contributed by atoms with van der Waals surface area (Å²) in [6.07, 6.45) is -3.75. The van der Waals surface area contributed by atoms with E-state index in [0.29, 0.717) is 19.5 Å². The van der Waals surface area contributed by atoms with Crippen LogP contribution in [0.5, 0.6) is 0 Å². The normalized spacial score (nSPS) is 22.4. The monoisotopic (exact) mass is 425 g/mol. The van der Waals surface area contributed by atoms with E-state index in [1.165, 1.54) is 30.3 Å². The van der Waals surface area contributed by atoms with Gasteiger partial charge in [-0.15, -0.1) is 0 Å². The van der Waals surface area contributed by atoms with Gasteiger partial charge in [0.1, 0.15) is 11.6 Å². The van der Waals surface area contributed by atoms with Gasteiger partial charge in [-0.25, -0.2) is 13.6 Å². The van der Waals surface area contributed by atoms with E-state index in [1.807, 2.05) is 4.90 Å². The topological polar surface area (TPSA) is 35.6 Å². The van der Waals surface area contributed by atoms with E-state index in [2.05, 4.69) is 5.32 Å². The van der Waals surface area contributed by atoms with Gasteiger partial charge in [-0.05, 0) is 49.7 Å². The van der Waals surface area contributed by atoms with Crippen molar-refractivity contribution in [2.75, 3.05) is 18.4 Å². The summed E-state index contributed by atoms with van der Waals surface area (Å²) in [5.41, 5.74) is -0.494. The molecule has 2 aromatic rings. The molecule has 2 fully saturated rings. The molecule has 1 N–H and O–H groups in total. The quantitative estimate of drug-likeness (QED) is 0.700. The third-order valence-electron chi connectivity index (χ3n) is 5.92. The van der Waals surface area contributed by atoms with Crippen molar-refractivity contribution in [1.29, 1.82) is 0 Å². The van der Waals surface area contributed by atoms with Crippen molar-refractivity contribution in [3.8, 4) is 0 Å². The van der Waals surface area contributed by atoms with Gasteiger partial charge in [0.05, 0.1) is 5.56 Å². The first-order valence-electron chi connectivity index (χ1n) is 9.59. The van der Waals surface area contributed by atoms with Gasteiger partial charge in [-0.2, -0.15) is 13.2 Å². The smallest absolute Gasteiger partial charge is 0.319 e. The Balaban J connectivity index is 1.40. The van der Waals surface area contributed by atoms with E-state index in [-0.39, 0.29) is 23.3 Å². The number of piperazine rings is 1. The lowest BCUT2D eigenvalue weighted by molar-refractivity contribution is -0.137. The number of likely N-dealkylation sites (tertiary alicyclic amines) is 2. The molecular weight excluding hydrogens is 405 g/mol. The van der Waals surface area contributed by atoms with Gasteiger partial charge in [-0.1, -0.05) is 6.07 Å². The van der Waals surface area contributed by atoms with Gasteiger partial charge < -0.3 is 10.2 Å². The predicted octanol–water partition coefficient (Wildman–Crippen LogP) is 5.04. The van der Waals surface area contributed by atoms with Crippen molar-refractivity contribution < 1.29 is 26.7 Å². The number of carbonyl (C=O) groups is 1. The summed E-state index contributed by atoms with van der Waals surface area (Å²) in [4.78, 5) is 16.2.